The Hall–Kier alpha value is -2.54. The average Bonchev–Trinajstić information content (AvgIpc) is 3.13. The van der Waals surface area contributed by atoms with Crippen molar-refractivity contribution < 1.29 is 9.50 Å². The molecule has 7 heteroatoms. The molecular weight excluding hydrogens is 357 g/mol. The van der Waals surface area contributed by atoms with Crippen LogP contribution in [0.25, 0.3) is 22.4 Å². The van der Waals surface area contributed by atoms with Crippen molar-refractivity contribution >= 4 is 16.9 Å². The van der Waals surface area contributed by atoms with E-state index in [4.69, 9.17) is 0 Å². The monoisotopic (exact) mass is 383 g/mol. The predicted octanol–water partition coefficient (Wildman–Crippen LogP) is 3.78. The van der Waals surface area contributed by atoms with Crippen LogP contribution in [0, 0.1) is 17.7 Å². The molecule has 0 bridgehead atoms. The summed E-state index contributed by atoms with van der Waals surface area (Å²) in [6.07, 6.45) is 3.32. The van der Waals surface area contributed by atoms with Gasteiger partial charge in [-0.05, 0) is 49.9 Å². The maximum Gasteiger partial charge on any atom is 0.181 e. The summed E-state index contributed by atoms with van der Waals surface area (Å²) in [5, 5.41) is 18.6. The van der Waals surface area contributed by atoms with E-state index in [1.807, 2.05) is 19.9 Å². The molecule has 6 nitrogen and oxygen atoms in total. The van der Waals surface area contributed by atoms with Crippen molar-refractivity contribution in [3.05, 3.63) is 36.3 Å². The molecule has 1 aliphatic heterocycles. The minimum atomic E-state index is -0.730. The van der Waals surface area contributed by atoms with Gasteiger partial charge < -0.3 is 10.0 Å². The van der Waals surface area contributed by atoms with Crippen molar-refractivity contribution in [2.45, 2.75) is 39.2 Å². The molecule has 1 saturated heterocycles. The van der Waals surface area contributed by atoms with E-state index in [0.717, 1.165) is 18.4 Å². The van der Waals surface area contributed by atoms with Gasteiger partial charge in [-0.3, -0.25) is 5.10 Å². The van der Waals surface area contributed by atoms with Crippen LogP contribution < -0.4 is 4.90 Å². The number of hydrogen-bond acceptors (Lipinski definition) is 5. The van der Waals surface area contributed by atoms with Crippen LogP contribution in [0.2, 0.25) is 0 Å². The smallest absolute Gasteiger partial charge is 0.181 e. The highest BCUT2D eigenvalue weighted by Crippen LogP contribution is 2.36. The minimum absolute atomic E-state index is 0.138. The lowest BCUT2D eigenvalue weighted by Gasteiger charge is -2.44. The third-order valence-corrected chi connectivity index (χ3v) is 6.19. The Morgan fingerprint density at radius 3 is 2.96 bits per heavy atom. The van der Waals surface area contributed by atoms with Crippen molar-refractivity contribution in [3.8, 4) is 11.4 Å². The molecule has 3 atom stereocenters. The largest absolute Gasteiger partial charge is 0.390 e. The fourth-order valence-electron chi connectivity index (χ4n) is 4.16. The number of piperidine rings is 1. The number of aliphatic hydroxyl groups is 1. The van der Waals surface area contributed by atoms with E-state index in [9.17, 15) is 9.50 Å². The number of nitrogens with zero attached hydrogens (tertiary/aromatic N) is 4. The van der Waals surface area contributed by atoms with E-state index in [1.165, 1.54) is 6.07 Å². The van der Waals surface area contributed by atoms with Crippen molar-refractivity contribution in [2.75, 3.05) is 18.0 Å². The first-order valence-electron chi connectivity index (χ1n) is 9.84. The lowest BCUT2D eigenvalue weighted by Crippen LogP contribution is -2.50. The van der Waals surface area contributed by atoms with Crippen molar-refractivity contribution in [3.63, 3.8) is 0 Å². The van der Waals surface area contributed by atoms with E-state index < -0.39 is 11.4 Å². The first kappa shape index (κ1) is 18.8. The molecule has 28 heavy (non-hydrogen) atoms. The van der Waals surface area contributed by atoms with Gasteiger partial charge in [-0.15, -0.1) is 0 Å². The van der Waals surface area contributed by atoms with Crippen LogP contribution in [0.3, 0.4) is 0 Å². The molecule has 3 aromatic rings. The number of rotatable bonds is 4. The molecule has 4 rings (SSSR count). The van der Waals surface area contributed by atoms with Crippen LogP contribution in [-0.4, -0.2) is 44.0 Å². The Kier molecular flexibility index (Phi) is 4.79. The maximum absolute atomic E-state index is 14.6. The zero-order valence-electron chi connectivity index (χ0n) is 16.5. The van der Waals surface area contributed by atoms with Gasteiger partial charge in [-0.25, -0.2) is 14.4 Å². The molecule has 0 aliphatic carbocycles. The third kappa shape index (κ3) is 3.24. The number of nitrogens with one attached hydrogen (secondary N) is 1. The quantitative estimate of drug-likeness (QED) is 0.717. The Bertz CT molecular complexity index is 986. The lowest BCUT2D eigenvalue weighted by molar-refractivity contribution is -0.0305. The van der Waals surface area contributed by atoms with E-state index in [0.29, 0.717) is 36.0 Å². The summed E-state index contributed by atoms with van der Waals surface area (Å²) in [5.41, 5.74) is 0.581. The van der Waals surface area contributed by atoms with Crippen molar-refractivity contribution in [1.82, 2.24) is 20.2 Å². The molecule has 0 saturated carbocycles. The fourth-order valence-corrected chi connectivity index (χ4v) is 4.16. The fraction of sp³-hybridized carbons (Fsp3) is 0.476. The Morgan fingerprint density at radius 2 is 2.18 bits per heavy atom. The van der Waals surface area contributed by atoms with E-state index in [2.05, 4.69) is 32.0 Å². The molecule has 0 aromatic carbocycles. The summed E-state index contributed by atoms with van der Waals surface area (Å²) in [6.45, 7) is 7.65. The average molecular weight is 383 g/mol. The first-order chi connectivity index (χ1) is 13.4. The molecule has 4 heterocycles. The summed E-state index contributed by atoms with van der Waals surface area (Å²) >= 11 is 0. The summed E-state index contributed by atoms with van der Waals surface area (Å²) in [4.78, 5) is 11.0. The zero-order chi connectivity index (χ0) is 19.9. The molecule has 3 aromatic heterocycles. The number of aromatic amines is 1. The number of pyridine rings is 2. The molecule has 1 aliphatic rings. The second-order valence-corrected chi connectivity index (χ2v) is 8.00. The molecule has 3 unspecified atom stereocenters. The molecule has 0 amide bonds. The molecule has 148 valence electrons. The normalized spacial score (nSPS) is 22.4. The number of aromatic nitrogens is 4. The second-order valence-electron chi connectivity index (χ2n) is 8.00. The summed E-state index contributed by atoms with van der Waals surface area (Å²) in [5.74, 6) is 0.875. The molecule has 0 radical (unpaired) electrons. The SMILES string of the molecule is CCC(C)(O)C1CN(c2ccc(F)c(-c3[nH]nc4ncccc34)n2)CCC1C. The Labute approximate surface area is 163 Å². The second kappa shape index (κ2) is 7.13. The number of fused-ring (bicyclic) bond motifs is 1. The van der Waals surface area contributed by atoms with Crippen LogP contribution >= 0.6 is 0 Å². The van der Waals surface area contributed by atoms with Gasteiger partial charge in [0.25, 0.3) is 0 Å². The minimum Gasteiger partial charge on any atom is -0.390 e. The highest BCUT2D eigenvalue weighted by atomic mass is 19.1. The highest BCUT2D eigenvalue weighted by Gasteiger charge is 2.38. The number of hydrogen-bond donors (Lipinski definition) is 2. The number of anilines is 1. The lowest BCUT2D eigenvalue weighted by atomic mass is 9.75. The highest BCUT2D eigenvalue weighted by molar-refractivity contribution is 5.89. The first-order valence-corrected chi connectivity index (χ1v) is 9.84. The van der Waals surface area contributed by atoms with E-state index in [1.54, 1.807) is 18.3 Å². The summed E-state index contributed by atoms with van der Waals surface area (Å²) in [6, 6.07) is 6.81. The maximum atomic E-state index is 14.6. The van der Waals surface area contributed by atoms with Crippen LogP contribution in [-0.2, 0) is 0 Å². The van der Waals surface area contributed by atoms with Crippen LogP contribution in [0.4, 0.5) is 10.2 Å². The molecule has 1 fully saturated rings. The van der Waals surface area contributed by atoms with Gasteiger partial charge in [-0.2, -0.15) is 5.10 Å². The van der Waals surface area contributed by atoms with Gasteiger partial charge in [0.05, 0.1) is 11.3 Å². The summed E-state index contributed by atoms with van der Waals surface area (Å²) in [7, 11) is 0. The van der Waals surface area contributed by atoms with E-state index >= 15 is 0 Å². The Morgan fingerprint density at radius 1 is 1.36 bits per heavy atom. The Balaban J connectivity index is 1.69. The van der Waals surface area contributed by atoms with Crippen LogP contribution in [0.1, 0.15) is 33.6 Å². The van der Waals surface area contributed by atoms with E-state index in [-0.39, 0.29) is 11.6 Å². The van der Waals surface area contributed by atoms with Gasteiger partial charge in [0.2, 0.25) is 0 Å². The number of halogens is 1. The predicted molar refractivity (Wildman–Crippen MR) is 107 cm³/mol. The van der Waals surface area contributed by atoms with Crippen molar-refractivity contribution in [1.29, 1.82) is 0 Å². The topological polar surface area (TPSA) is 77.9 Å². The van der Waals surface area contributed by atoms with Gasteiger partial charge in [0, 0.05) is 30.6 Å². The standard InChI is InChI=1S/C21H26FN5O/c1-4-21(3,28)15-12-27(11-9-13(15)2)17-8-7-16(22)19(24-17)18-14-6-5-10-23-20(14)26-25-18/h5-8,10,13,15,28H,4,9,11-12H2,1-3H3,(H,23,25,26). The van der Waals surface area contributed by atoms with Gasteiger partial charge in [0.1, 0.15) is 11.5 Å². The van der Waals surface area contributed by atoms with Crippen molar-refractivity contribution in [2.24, 2.45) is 11.8 Å². The third-order valence-electron chi connectivity index (χ3n) is 6.19. The molecule has 2 N–H and O–H groups in total. The molecular formula is C21H26FN5O. The van der Waals surface area contributed by atoms with Gasteiger partial charge in [-0.1, -0.05) is 13.8 Å². The number of H-pyrrole nitrogens is 1. The molecule has 0 spiro atoms. The van der Waals surface area contributed by atoms with Crippen LogP contribution in [0.15, 0.2) is 30.5 Å². The zero-order valence-corrected chi connectivity index (χ0v) is 16.5. The summed E-state index contributed by atoms with van der Waals surface area (Å²) < 4.78 is 14.6. The van der Waals surface area contributed by atoms with Gasteiger partial charge in [0.15, 0.2) is 11.5 Å². The van der Waals surface area contributed by atoms with Gasteiger partial charge >= 0.3 is 0 Å². The van der Waals surface area contributed by atoms with Crippen LogP contribution in [0.5, 0.6) is 0 Å².